The highest BCUT2D eigenvalue weighted by atomic mass is 35.5. The van der Waals surface area contributed by atoms with E-state index in [2.05, 4.69) is 5.32 Å². The Kier molecular flexibility index (Phi) is 6.15. The van der Waals surface area contributed by atoms with Gasteiger partial charge in [0.2, 0.25) is 5.91 Å². The lowest BCUT2D eigenvalue weighted by atomic mass is 9.95. The van der Waals surface area contributed by atoms with E-state index in [1.807, 2.05) is 0 Å². The number of halogens is 4. The maximum Gasteiger partial charge on any atom is 0.416 e. The van der Waals surface area contributed by atoms with Gasteiger partial charge in [-0.25, -0.2) is 8.42 Å². The normalized spacial score (nSPS) is 22.7. The summed E-state index contributed by atoms with van der Waals surface area (Å²) in [7, 11) is -4.36. The molecule has 2 fully saturated rings. The van der Waals surface area contributed by atoms with Crippen molar-refractivity contribution in [2.75, 3.05) is 10.8 Å². The first-order valence-electron chi connectivity index (χ1n) is 10.3. The van der Waals surface area contributed by atoms with Crippen LogP contribution in [0.15, 0.2) is 53.4 Å². The van der Waals surface area contributed by atoms with Crippen LogP contribution in [-0.4, -0.2) is 26.9 Å². The average molecular weight is 487 g/mol. The summed E-state index contributed by atoms with van der Waals surface area (Å²) in [4.78, 5) is 12.7. The van der Waals surface area contributed by atoms with Crippen molar-refractivity contribution in [1.29, 1.82) is 0 Å². The molecule has 4 rings (SSSR count). The van der Waals surface area contributed by atoms with Crippen LogP contribution in [0.1, 0.15) is 31.2 Å². The standard InChI is InChI=1S/C22H22ClF3N2O3S/c23-18-9-8-16(22(24,25)26)12-20(18)28(32(30,31)17-4-2-1-3-5-17)13-21(29)27-19-11-14-6-7-15(19)10-14/h1-5,8-9,12,14-15,19H,6-7,10-11,13H2,(H,27,29)/t14-,15-,19-/m0/s1. The minimum absolute atomic E-state index is 0.0421. The Morgan fingerprint density at radius 3 is 2.41 bits per heavy atom. The minimum atomic E-state index is -4.70. The Morgan fingerprint density at radius 2 is 1.81 bits per heavy atom. The van der Waals surface area contributed by atoms with Crippen molar-refractivity contribution < 1.29 is 26.4 Å². The van der Waals surface area contributed by atoms with Gasteiger partial charge in [0.05, 0.1) is 21.2 Å². The number of nitrogens with zero attached hydrogens (tertiary/aromatic N) is 1. The number of anilines is 1. The second-order valence-electron chi connectivity index (χ2n) is 8.34. The molecule has 0 spiro atoms. The number of sulfonamides is 1. The van der Waals surface area contributed by atoms with Gasteiger partial charge in [-0.3, -0.25) is 9.10 Å². The molecule has 0 aromatic heterocycles. The molecule has 1 amide bonds. The first kappa shape index (κ1) is 22.9. The SMILES string of the molecule is O=C(CN(c1cc(C(F)(F)F)ccc1Cl)S(=O)(=O)c1ccccc1)N[C@H]1C[C@H]2CC[C@H]1C2. The van der Waals surface area contributed by atoms with E-state index in [4.69, 9.17) is 11.6 Å². The molecular formula is C22H22ClF3N2O3S. The van der Waals surface area contributed by atoms with Crippen LogP contribution in [0.2, 0.25) is 5.02 Å². The van der Waals surface area contributed by atoms with Crippen LogP contribution >= 0.6 is 11.6 Å². The Morgan fingerprint density at radius 1 is 1.09 bits per heavy atom. The minimum Gasteiger partial charge on any atom is -0.352 e. The monoisotopic (exact) mass is 486 g/mol. The molecule has 2 bridgehead atoms. The van der Waals surface area contributed by atoms with E-state index in [0.717, 1.165) is 37.8 Å². The molecule has 2 aliphatic rings. The fourth-order valence-electron chi connectivity index (χ4n) is 4.70. The van der Waals surface area contributed by atoms with E-state index in [-0.39, 0.29) is 16.0 Å². The summed E-state index contributed by atoms with van der Waals surface area (Å²) in [5, 5.41) is 2.68. The van der Waals surface area contributed by atoms with Crippen molar-refractivity contribution in [3.05, 3.63) is 59.1 Å². The Bertz CT molecular complexity index is 1110. The van der Waals surface area contributed by atoms with Crippen molar-refractivity contribution in [3.8, 4) is 0 Å². The second kappa shape index (κ2) is 8.59. The molecule has 2 saturated carbocycles. The van der Waals surface area contributed by atoms with Gasteiger partial charge in [-0.1, -0.05) is 36.2 Å². The van der Waals surface area contributed by atoms with Crippen molar-refractivity contribution in [2.24, 2.45) is 11.8 Å². The zero-order valence-corrected chi connectivity index (χ0v) is 18.6. The van der Waals surface area contributed by atoms with Crippen molar-refractivity contribution in [3.63, 3.8) is 0 Å². The molecule has 2 aromatic carbocycles. The number of alkyl halides is 3. The number of hydrogen-bond acceptors (Lipinski definition) is 3. The van der Waals surface area contributed by atoms with Crippen LogP contribution in [0.25, 0.3) is 0 Å². The number of rotatable bonds is 6. The summed E-state index contributed by atoms with van der Waals surface area (Å²) in [6.45, 7) is -0.674. The van der Waals surface area contributed by atoms with Crippen molar-refractivity contribution >= 4 is 33.2 Å². The van der Waals surface area contributed by atoms with Crippen molar-refractivity contribution in [1.82, 2.24) is 5.32 Å². The van der Waals surface area contributed by atoms with Crippen LogP contribution in [-0.2, 0) is 21.0 Å². The lowest BCUT2D eigenvalue weighted by Gasteiger charge is -2.28. The largest absolute Gasteiger partial charge is 0.416 e. The number of amides is 1. The Hall–Kier alpha value is -2.26. The molecule has 1 N–H and O–H groups in total. The van der Waals surface area contributed by atoms with Gasteiger partial charge < -0.3 is 5.32 Å². The molecule has 0 unspecified atom stereocenters. The predicted molar refractivity (Wildman–Crippen MR) is 115 cm³/mol. The van der Waals surface area contributed by atoms with Gasteiger partial charge >= 0.3 is 6.18 Å². The molecule has 2 aliphatic carbocycles. The summed E-state index contributed by atoms with van der Waals surface area (Å²) in [6.07, 6.45) is -0.679. The Labute approximate surface area is 189 Å². The second-order valence-corrected chi connectivity index (χ2v) is 10.6. The topological polar surface area (TPSA) is 66.5 Å². The van der Waals surface area contributed by atoms with Crippen LogP contribution in [0.3, 0.4) is 0 Å². The maximum absolute atomic E-state index is 13.4. The van der Waals surface area contributed by atoms with Crippen LogP contribution in [0, 0.1) is 11.8 Å². The molecule has 3 atom stereocenters. The highest BCUT2D eigenvalue weighted by molar-refractivity contribution is 7.92. The van der Waals surface area contributed by atoms with Crippen LogP contribution in [0.4, 0.5) is 18.9 Å². The predicted octanol–water partition coefficient (Wildman–Crippen LogP) is 4.86. The van der Waals surface area contributed by atoms with E-state index in [1.165, 1.54) is 24.3 Å². The first-order valence-corrected chi connectivity index (χ1v) is 12.1. The summed E-state index contributed by atoms with van der Waals surface area (Å²) in [6, 6.07) is 9.61. The molecule has 5 nitrogen and oxygen atoms in total. The number of fused-ring (bicyclic) bond motifs is 2. The van der Waals surface area contributed by atoms with Gasteiger partial charge in [-0.05, 0) is 61.4 Å². The van der Waals surface area contributed by atoms with Gasteiger partial charge in [-0.2, -0.15) is 13.2 Å². The number of hydrogen-bond donors (Lipinski definition) is 1. The number of carbonyl (C=O) groups is 1. The quantitative estimate of drug-likeness (QED) is 0.634. The highest BCUT2D eigenvalue weighted by Gasteiger charge is 2.41. The summed E-state index contributed by atoms with van der Waals surface area (Å²) < 4.78 is 67.3. The summed E-state index contributed by atoms with van der Waals surface area (Å²) >= 11 is 6.13. The van der Waals surface area contributed by atoms with E-state index in [1.54, 1.807) is 6.07 Å². The number of nitrogens with one attached hydrogen (secondary N) is 1. The maximum atomic E-state index is 13.4. The molecule has 0 saturated heterocycles. The van der Waals surface area contributed by atoms with E-state index >= 15 is 0 Å². The zero-order chi connectivity index (χ0) is 23.1. The fourth-order valence-corrected chi connectivity index (χ4v) is 6.43. The lowest BCUT2D eigenvalue weighted by Crippen LogP contribution is -2.46. The van der Waals surface area contributed by atoms with E-state index < -0.39 is 39.9 Å². The summed E-state index contributed by atoms with van der Waals surface area (Å²) in [5.74, 6) is 0.350. The van der Waals surface area contributed by atoms with Gasteiger partial charge in [0.25, 0.3) is 10.0 Å². The molecule has 0 aliphatic heterocycles. The average Bonchev–Trinajstić information content (AvgIpc) is 3.35. The molecule has 0 radical (unpaired) electrons. The molecular weight excluding hydrogens is 465 g/mol. The van der Waals surface area contributed by atoms with E-state index in [0.29, 0.717) is 22.2 Å². The molecule has 10 heteroatoms. The van der Waals surface area contributed by atoms with Gasteiger partial charge in [0.15, 0.2) is 0 Å². The number of carbonyl (C=O) groups excluding carboxylic acids is 1. The van der Waals surface area contributed by atoms with Crippen molar-refractivity contribution in [2.45, 2.75) is 42.8 Å². The molecule has 2 aromatic rings. The van der Waals surface area contributed by atoms with Gasteiger partial charge in [-0.15, -0.1) is 0 Å². The number of benzene rings is 2. The molecule has 172 valence electrons. The zero-order valence-electron chi connectivity index (χ0n) is 17.0. The highest BCUT2D eigenvalue weighted by Crippen LogP contribution is 2.44. The van der Waals surface area contributed by atoms with Gasteiger partial charge in [0, 0.05) is 6.04 Å². The smallest absolute Gasteiger partial charge is 0.352 e. The fraction of sp³-hybridized carbons (Fsp3) is 0.409. The van der Waals surface area contributed by atoms with Crippen LogP contribution < -0.4 is 9.62 Å². The van der Waals surface area contributed by atoms with Crippen LogP contribution in [0.5, 0.6) is 0 Å². The third kappa shape index (κ3) is 4.59. The molecule has 32 heavy (non-hydrogen) atoms. The Balaban J connectivity index is 1.68. The van der Waals surface area contributed by atoms with Gasteiger partial charge in [0.1, 0.15) is 6.54 Å². The first-order chi connectivity index (χ1) is 15.1. The molecule has 0 heterocycles. The lowest BCUT2D eigenvalue weighted by molar-refractivity contribution is -0.137. The third-order valence-corrected chi connectivity index (χ3v) is 8.34. The summed E-state index contributed by atoms with van der Waals surface area (Å²) in [5.41, 5.74) is -1.45. The third-order valence-electron chi connectivity index (χ3n) is 6.25. The van der Waals surface area contributed by atoms with E-state index in [9.17, 15) is 26.4 Å².